The van der Waals surface area contributed by atoms with Crippen molar-refractivity contribution in [2.24, 2.45) is 13.0 Å². The fourth-order valence-corrected chi connectivity index (χ4v) is 3.64. The molecule has 1 aliphatic carbocycles. The maximum atomic E-state index is 12.5. The van der Waals surface area contributed by atoms with Crippen LogP contribution in [-0.2, 0) is 11.8 Å². The van der Waals surface area contributed by atoms with Crippen molar-refractivity contribution in [3.05, 3.63) is 30.6 Å². The number of imidazole rings is 1. The molecule has 2 fully saturated rings. The van der Waals surface area contributed by atoms with Crippen molar-refractivity contribution in [3.8, 4) is 11.4 Å². The van der Waals surface area contributed by atoms with Crippen molar-refractivity contribution in [1.82, 2.24) is 24.4 Å². The molecule has 24 heavy (non-hydrogen) atoms. The first kappa shape index (κ1) is 15.3. The second-order valence-electron chi connectivity index (χ2n) is 6.97. The molecule has 6 heteroatoms. The van der Waals surface area contributed by atoms with Gasteiger partial charge in [-0.2, -0.15) is 0 Å². The molecular weight excluding hydrogens is 302 g/mol. The van der Waals surface area contributed by atoms with E-state index in [0.717, 1.165) is 55.9 Å². The molecule has 2 aromatic rings. The minimum absolute atomic E-state index is 0.274. The maximum Gasteiger partial charge on any atom is 0.225 e. The van der Waals surface area contributed by atoms with Gasteiger partial charge < -0.3 is 9.47 Å². The zero-order valence-corrected chi connectivity index (χ0v) is 14.1. The summed E-state index contributed by atoms with van der Waals surface area (Å²) in [5.74, 6) is 0.903. The van der Waals surface area contributed by atoms with E-state index in [1.807, 2.05) is 17.8 Å². The maximum absolute atomic E-state index is 12.5. The summed E-state index contributed by atoms with van der Waals surface area (Å²) in [6, 6.07) is 0. The quantitative estimate of drug-likeness (QED) is 0.869. The third-order valence-electron chi connectivity index (χ3n) is 5.34. The number of aromatic nitrogens is 4. The molecule has 0 unspecified atom stereocenters. The van der Waals surface area contributed by atoms with Crippen LogP contribution in [0.5, 0.6) is 0 Å². The summed E-state index contributed by atoms with van der Waals surface area (Å²) in [7, 11) is 1.95. The summed E-state index contributed by atoms with van der Waals surface area (Å²) in [5, 5.41) is 0. The Labute approximate surface area is 141 Å². The number of likely N-dealkylation sites (tertiary alicyclic amines) is 1. The molecule has 1 atom stereocenters. The lowest BCUT2D eigenvalue weighted by atomic mass is 9.83. The molecular formula is C18H23N5O. The zero-order valence-electron chi connectivity index (χ0n) is 14.1. The van der Waals surface area contributed by atoms with Crippen LogP contribution >= 0.6 is 0 Å². The molecule has 4 rings (SSSR count). The number of amides is 1. The number of nitrogens with zero attached hydrogens (tertiary/aromatic N) is 5. The Hall–Kier alpha value is -2.24. The van der Waals surface area contributed by atoms with E-state index in [-0.39, 0.29) is 11.8 Å². The van der Waals surface area contributed by atoms with E-state index < -0.39 is 0 Å². The Morgan fingerprint density at radius 2 is 2.00 bits per heavy atom. The lowest BCUT2D eigenvalue weighted by Gasteiger charge is -2.37. The number of carbonyl (C=O) groups is 1. The normalized spacial score (nSPS) is 21.5. The van der Waals surface area contributed by atoms with E-state index in [9.17, 15) is 4.79 Å². The van der Waals surface area contributed by atoms with Gasteiger partial charge in [-0.1, -0.05) is 6.42 Å². The third kappa shape index (κ3) is 2.81. The lowest BCUT2D eigenvalue weighted by molar-refractivity contribution is -0.139. The summed E-state index contributed by atoms with van der Waals surface area (Å²) >= 11 is 0. The van der Waals surface area contributed by atoms with Crippen LogP contribution in [0.4, 0.5) is 0 Å². The van der Waals surface area contributed by atoms with Crippen LogP contribution in [-0.4, -0.2) is 43.4 Å². The van der Waals surface area contributed by atoms with Crippen molar-refractivity contribution in [3.63, 3.8) is 0 Å². The van der Waals surface area contributed by atoms with E-state index in [1.54, 1.807) is 18.7 Å². The summed E-state index contributed by atoms with van der Waals surface area (Å²) in [5.41, 5.74) is 2.79. The number of aryl methyl sites for hydroxylation is 1. The largest absolute Gasteiger partial charge is 0.342 e. The standard InChI is InChI=1S/C18H23N5O/c1-22-12-20-10-17(22)16-9-19-8-15(21-16)14-6-3-7-23(11-14)18(24)13-4-2-5-13/h8-10,12-14H,2-7,11H2,1H3/t14-/m0/s1. The van der Waals surface area contributed by atoms with Crippen LogP contribution in [0.1, 0.15) is 43.7 Å². The van der Waals surface area contributed by atoms with Crippen LogP contribution in [0.15, 0.2) is 24.9 Å². The molecule has 0 spiro atoms. The molecule has 0 N–H and O–H groups in total. The first-order valence-corrected chi connectivity index (χ1v) is 8.80. The van der Waals surface area contributed by atoms with E-state index in [1.165, 1.54) is 6.42 Å². The Morgan fingerprint density at radius 3 is 2.71 bits per heavy atom. The third-order valence-corrected chi connectivity index (χ3v) is 5.34. The van der Waals surface area contributed by atoms with Crippen molar-refractivity contribution in [2.75, 3.05) is 13.1 Å². The van der Waals surface area contributed by atoms with Gasteiger partial charge in [0.25, 0.3) is 0 Å². The van der Waals surface area contributed by atoms with Crippen LogP contribution in [0.3, 0.4) is 0 Å². The number of rotatable bonds is 3. The smallest absolute Gasteiger partial charge is 0.225 e. The molecule has 0 aromatic carbocycles. The summed E-state index contributed by atoms with van der Waals surface area (Å²) in [6.07, 6.45) is 12.6. The van der Waals surface area contributed by atoms with Crippen LogP contribution in [0, 0.1) is 5.92 Å². The highest BCUT2D eigenvalue weighted by atomic mass is 16.2. The van der Waals surface area contributed by atoms with Gasteiger partial charge in [0.15, 0.2) is 0 Å². The fourth-order valence-electron chi connectivity index (χ4n) is 3.64. The molecule has 1 aliphatic heterocycles. The first-order chi connectivity index (χ1) is 11.7. The molecule has 1 amide bonds. The monoisotopic (exact) mass is 325 g/mol. The van der Waals surface area contributed by atoms with Crippen LogP contribution in [0.25, 0.3) is 11.4 Å². The van der Waals surface area contributed by atoms with Crippen molar-refractivity contribution in [2.45, 2.75) is 38.0 Å². The molecule has 2 aromatic heterocycles. The molecule has 0 radical (unpaired) electrons. The summed E-state index contributed by atoms with van der Waals surface area (Å²) in [4.78, 5) is 27.9. The summed E-state index contributed by atoms with van der Waals surface area (Å²) < 4.78 is 1.95. The van der Waals surface area contributed by atoms with Gasteiger partial charge >= 0.3 is 0 Å². The van der Waals surface area contributed by atoms with E-state index in [4.69, 9.17) is 4.98 Å². The second kappa shape index (κ2) is 6.34. The number of hydrogen-bond donors (Lipinski definition) is 0. The van der Waals surface area contributed by atoms with Gasteiger partial charge in [0.1, 0.15) is 5.69 Å². The van der Waals surface area contributed by atoms with Crippen molar-refractivity contribution in [1.29, 1.82) is 0 Å². The molecule has 126 valence electrons. The molecule has 6 nitrogen and oxygen atoms in total. The molecule has 1 saturated carbocycles. The van der Waals surface area contributed by atoms with Gasteiger partial charge in [0.2, 0.25) is 5.91 Å². The lowest BCUT2D eigenvalue weighted by Crippen LogP contribution is -2.44. The van der Waals surface area contributed by atoms with Gasteiger partial charge in [-0.05, 0) is 25.7 Å². The predicted octanol–water partition coefficient (Wildman–Crippen LogP) is 2.38. The SMILES string of the molecule is Cn1cncc1-c1cncc([C@H]2CCCN(C(=O)C3CCC3)C2)n1. The Kier molecular flexibility index (Phi) is 4.04. The van der Waals surface area contributed by atoms with Crippen LogP contribution in [0.2, 0.25) is 0 Å². The van der Waals surface area contributed by atoms with E-state index in [0.29, 0.717) is 5.91 Å². The van der Waals surface area contributed by atoms with Crippen molar-refractivity contribution >= 4 is 5.91 Å². The Bertz CT molecular complexity index is 737. The Balaban J connectivity index is 1.53. The minimum Gasteiger partial charge on any atom is -0.342 e. The van der Waals surface area contributed by atoms with Gasteiger partial charge in [-0.25, -0.2) is 9.97 Å². The van der Waals surface area contributed by atoms with Gasteiger partial charge in [-0.3, -0.25) is 9.78 Å². The zero-order chi connectivity index (χ0) is 16.5. The van der Waals surface area contributed by atoms with E-state index >= 15 is 0 Å². The average Bonchev–Trinajstić information content (AvgIpc) is 2.99. The predicted molar refractivity (Wildman–Crippen MR) is 90.1 cm³/mol. The highest BCUT2D eigenvalue weighted by Gasteiger charge is 2.33. The number of hydrogen-bond acceptors (Lipinski definition) is 4. The molecule has 2 aliphatic rings. The summed E-state index contributed by atoms with van der Waals surface area (Å²) in [6.45, 7) is 1.67. The van der Waals surface area contributed by atoms with E-state index in [2.05, 4.69) is 14.9 Å². The van der Waals surface area contributed by atoms with Crippen LogP contribution < -0.4 is 0 Å². The average molecular weight is 325 g/mol. The molecule has 1 saturated heterocycles. The molecule has 3 heterocycles. The highest BCUT2D eigenvalue weighted by Crippen LogP contribution is 2.32. The number of piperidine rings is 1. The second-order valence-corrected chi connectivity index (χ2v) is 6.97. The topological polar surface area (TPSA) is 63.9 Å². The minimum atomic E-state index is 0.274. The van der Waals surface area contributed by atoms with Gasteiger partial charge in [0, 0.05) is 38.2 Å². The Morgan fingerprint density at radius 1 is 1.12 bits per heavy atom. The van der Waals surface area contributed by atoms with Gasteiger partial charge in [0.05, 0.1) is 30.1 Å². The van der Waals surface area contributed by atoms with Crippen molar-refractivity contribution < 1.29 is 4.79 Å². The van der Waals surface area contributed by atoms with Gasteiger partial charge in [-0.15, -0.1) is 0 Å². The highest BCUT2D eigenvalue weighted by molar-refractivity contribution is 5.79. The fraction of sp³-hybridized carbons (Fsp3) is 0.556. The molecule has 0 bridgehead atoms. The first-order valence-electron chi connectivity index (χ1n) is 8.80. The number of carbonyl (C=O) groups excluding carboxylic acids is 1.